The van der Waals surface area contributed by atoms with Gasteiger partial charge >= 0.3 is 0 Å². The zero-order chi connectivity index (χ0) is 10.8. The molecule has 3 N–H and O–H groups in total. The Hall–Kier alpha value is -1.69. The topological polar surface area (TPSA) is 89.8 Å². The molecule has 80 valence electrons. The van der Waals surface area contributed by atoms with Gasteiger partial charge in [0.15, 0.2) is 5.65 Å². The Morgan fingerprint density at radius 3 is 3.00 bits per heavy atom. The van der Waals surface area contributed by atoms with Gasteiger partial charge in [-0.25, -0.2) is 9.97 Å². The summed E-state index contributed by atoms with van der Waals surface area (Å²) in [6, 6.07) is 0. The van der Waals surface area contributed by atoms with Crippen LogP contribution in [0.1, 0.15) is 12.1 Å². The quantitative estimate of drug-likeness (QED) is 0.731. The number of nitrogens with zero attached hydrogens (tertiary/aromatic N) is 4. The SMILES string of the molecule is Cn1nc(CCCO)c2c(N)ncnc21. The molecule has 0 aliphatic carbocycles. The first-order valence-corrected chi connectivity index (χ1v) is 4.77. The van der Waals surface area contributed by atoms with E-state index < -0.39 is 0 Å². The van der Waals surface area contributed by atoms with Gasteiger partial charge in [-0.1, -0.05) is 0 Å². The summed E-state index contributed by atoms with van der Waals surface area (Å²) in [4.78, 5) is 8.06. The van der Waals surface area contributed by atoms with Gasteiger partial charge in [-0.05, 0) is 12.8 Å². The summed E-state index contributed by atoms with van der Waals surface area (Å²) in [7, 11) is 1.82. The molecular weight excluding hydrogens is 194 g/mol. The van der Waals surface area contributed by atoms with Crippen LogP contribution in [-0.4, -0.2) is 31.5 Å². The number of anilines is 1. The second-order valence-corrected chi connectivity index (χ2v) is 3.35. The first-order chi connectivity index (χ1) is 7.24. The van der Waals surface area contributed by atoms with E-state index in [4.69, 9.17) is 10.8 Å². The van der Waals surface area contributed by atoms with E-state index in [9.17, 15) is 0 Å². The molecule has 0 amide bonds. The monoisotopic (exact) mass is 207 g/mol. The minimum Gasteiger partial charge on any atom is -0.396 e. The predicted octanol–water partition coefficient (Wildman–Crippen LogP) is -0.130. The highest BCUT2D eigenvalue weighted by atomic mass is 16.2. The lowest BCUT2D eigenvalue weighted by atomic mass is 10.2. The summed E-state index contributed by atoms with van der Waals surface area (Å²) >= 11 is 0. The van der Waals surface area contributed by atoms with Crippen LogP contribution in [0.15, 0.2) is 6.33 Å². The molecule has 0 bridgehead atoms. The Labute approximate surface area is 86.8 Å². The van der Waals surface area contributed by atoms with Crippen molar-refractivity contribution in [2.75, 3.05) is 12.3 Å². The highest BCUT2D eigenvalue weighted by Gasteiger charge is 2.12. The minimum absolute atomic E-state index is 0.145. The van der Waals surface area contributed by atoms with Gasteiger partial charge in [-0.15, -0.1) is 0 Å². The normalized spacial score (nSPS) is 11.1. The number of aryl methyl sites for hydroxylation is 2. The number of aliphatic hydroxyl groups excluding tert-OH is 1. The van der Waals surface area contributed by atoms with Crippen LogP contribution < -0.4 is 5.73 Å². The molecule has 0 spiro atoms. The lowest BCUT2D eigenvalue weighted by Gasteiger charge is -1.96. The van der Waals surface area contributed by atoms with Crippen LogP contribution in [0, 0.1) is 0 Å². The molecule has 0 fully saturated rings. The average Bonchev–Trinajstić information content (AvgIpc) is 2.55. The third kappa shape index (κ3) is 1.63. The molecular formula is C9H13N5O. The van der Waals surface area contributed by atoms with Crippen molar-refractivity contribution in [2.24, 2.45) is 7.05 Å². The molecule has 0 aromatic carbocycles. The van der Waals surface area contributed by atoms with Crippen LogP contribution in [-0.2, 0) is 13.5 Å². The number of nitrogen functional groups attached to an aromatic ring is 1. The second-order valence-electron chi connectivity index (χ2n) is 3.35. The van der Waals surface area contributed by atoms with Crippen LogP contribution >= 0.6 is 0 Å². The molecule has 15 heavy (non-hydrogen) atoms. The van der Waals surface area contributed by atoms with E-state index in [2.05, 4.69) is 15.1 Å². The Balaban J connectivity index is 2.54. The number of nitrogens with two attached hydrogens (primary N) is 1. The molecule has 0 unspecified atom stereocenters. The maximum absolute atomic E-state index is 8.78. The third-order valence-electron chi connectivity index (χ3n) is 2.29. The summed E-state index contributed by atoms with van der Waals surface area (Å²) in [5.74, 6) is 0.445. The molecule has 2 rings (SSSR count). The van der Waals surface area contributed by atoms with Gasteiger partial charge in [0.1, 0.15) is 12.1 Å². The van der Waals surface area contributed by atoms with Crippen molar-refractivity contribution in [2.45, 2.75) is 12.8 Å². The van der Waals surface area contributed by atoms with Crippen LogP contribution in [0.4, 0.5) is 5.82 Å². The summed E-state index contributed by atoms with van der Waals surface area (Å²) in [6.45, 7) is 0.145. The van der Waals surface area contributed by atoms with Gasteiger partial charge < -0.3 is 10.8 Å². The lowest BCUT2D eigenvalue weighted by molar-refractivity contribution is 0.288. The van der Waals surface area contributed by atoms with Crippen molar-refractivity contribution in [1.82, 2.24) is 19.7 Å². The van der Waals surface area contributed by atoms with E-state index in [-0.39, 0.29) is 6.61 Å². The maximum Gasteiger partial charge on any atom is 0.163 e. The maximum atomic E-state index is 8.78. The van der Waals surface area contributed by atoms with Gasteiger partial charge in [0.2, 0.25) is 0 Å². The van der Waals surface area contributed by atoms with Gasteiger partial charge in [0.05, 0.1) is 11.1 Å². The van der Waals surface area contributed by atoms with E-state index in [1.54, 1.807) is 4.68 Å². The van der Waals surface area contributed by atoms with Gasteiger partial charge in [0, 0.05) is 13.7 Å². The molecule has 0 aliphatic heterocycles. The van der Waals surface area contributed by atoms with Crippen molar-refractivity contribution in [3.63, 3.8) is 0 Å². The van der Waals surface area contributed by atoms with E-state index in [1.807, 2.05) is 7.05 Å². The Morgan fingerprint density at radius 2 is 2.27 bits per heavy atom. The van der Waals surface area contributed by atoms with Crippen LogP contribution in [0.3, 0.4) is 0 Å². The Kier molecular flexibility index (Phi) is 2.51. The molecule has 2 aromatic rings. The zero-order valence-electron chi connectivity index (χ0n) is 8.51. The zero-order valence-corrected chi connectivity index (χ0v) is 8.51. The number of fused-ring (bicyclic) bond motifs is 1. The number of hydrogen-bond acceptors (Lipinski definition) is 5. The molecule has 0 atom stereocenters. The number of aromatic nitrogens is 4. The van der Waals surface area contributed by atoms with E-state index in [0.29, 0.717) is 18.7 Å². The number of aliphatic hydroxyl groups is 1. The average molecular weight is 207 g/mol. The predicted molar refractivity (Wildman–Crippen MR) is 56.1 cm³/mol. The largest absolute Gasteiger partial charge is 0.396 e. The molecule has 0 saturated carbocycles. The lowest BCUT2D eigenvalue weighted by Crippen LogP contribution is -1.95. The molecule has 6 nitrogen and oxygen atoms in total. The van der Waals surface area contributed by atoms with Crippen molar-refractivity contribution in [3.05, 3.63) is 12.0 Å². The highest BCUT2D eigenvalue weighted by Crippen LogP contribution is 2.21. The first kappa shape index (κ1) is 9.85. The third-order valence-corrected chi connectivity index (χ3v) is 2.29. The summed E-state index contributed by atoms with van der Waals surface area (Å²) in [5, 5.41) is 13.9. The molecule has 0 aliphatic rings. The Morgan fingerprint density at radius 1 is 1.47 bits per heavy atom. The van der Waals surface area contributed by atoms with Crippen molar-refractivity contribution < 1.29 is 5.11 Å². The summed E-state index contributed by atoms with van der Waals surface area (Å²) in [5.41, 5.74) is 7.35. The fourth-order valence-electron chi connectivity index (χ4n) is 1.61. The summed E-state index contributed by atoms with van der Waals surface area (Å²) < 4.78 is 1.68. The van der Waals surface area contributed by atoms with Crippen LogP contribution in [0.25, 0.3) is 11.0 Å². The second kappa shape index (κ2) is 3.82. The van der Waals surface area contributed by atoms with Crippen molar-refractivity contribution in [1.29, 1.82) is 0 Å². The fraction of sp³-hybridized carbons (Fsp3) is 0.444. The smallest absolute Gasteiger partial charge is 0.163 e. The first-order valence-electron chi connectivity index (χ1n) is 4.77. The minimum atomic E-state index is 0.145. The molecule has 0 saturated heterocycles. The van der Waals surface area contributed by atoms with Crippen LogP contribution in [0.5, 0.6) is 0 Å². The highest BCUT2D eigenvalue weighted by molar-refractivity contribution is 5.87. The number of rotatable bonds is 3. The Bertz CT molecular complexity index is 479. The molecule has 6 heteroatoms. The van der Waals surface area contributed by atoms with E-state index >= 15 is 0 Å². The van der Waals surface area contributed by atoms with Crippen molar-refractivity contribution >= 4 is 16.9 Å². The van der Waals surface area contributed by atoms with Gasteiger partial charge in [-0.2, -0.15) is 5.10 Å². The van der Waals surface area contributed by atoms with Gasteiger partial charge in [-0.3, -0.25) is 4.68 Å². The molecule has 0 radical (unpaired) electrons. The van der Waals surface area contributed by atoms with Gasteiger partial charge in [0.25, 0.3) is 0 Å². The van der Waals surface area contributed by atoms with E-state index in [0.717, 1.165) is 16.7 Å². The van der Waals surface area contributed by atoms with Crippen molar-refractivity contribution in [3.8, 4) is 0 Å². The number of hydrogen-bond donors (Lipinski definition) is 2. The molecule has 2 aromatic heterocycles. The van der Waals surface area contributed by atoms with Crippen LogP contribution in [0.2, 0.25) is 0 Å². The standard InChI is InChI=1S/C9H13N5O/c1-14-9-7(8(10)11-5-12-9)6(13-14)3-2-4-15/h5,15H,2-4H2,1H3,(H2,10,11,12). The fourth-order valence-corrected chi connectivity index (χ4v) is 1.61. The summed E-state index contributed by atoms with van der Waals surface area (Å²) in [6.07, 6.45) is 2.78. The molecule has 2 heterocycles. The van der Waals surface area contributed by atoms with E-state index in [1.165, 1.54) is 6.33 Å².